The molecule has 1 aromatic carbocycles. The largest absolute Gasteiger partial charge is 0.480 e. The lowest BCUT2D eigenvalue weighted by Gasteiger charge is -2.25. The molecule has 1 aromatic heterocycles. The number of aliphatic carboxylic acids is 1. The number of carbonyl (C=O) groups is 1. The molecule has 0 radical (unpaired) electrons. The Labute approximate surface area is 119 Å². The Morgan fingerprint density at radius 1 is 1.40 bits per heavy atom. The lowest BCUT2D eigenvalue weighted by atomic mass is 9.96. The minimum Gasteiger partial charge on any atom is -0.480 e. The van der Waals surface area contributed by atoms with Gasteiger partial charge < -0.3 is 9.67 Å². The van der Waals surface area contributed by atoms with Crippen LogP contribution in [0, 0.1) is 0 Å². The molecule has 0 saturated carbocycles. The zero-order valence-corrected chi connectivity index (χ0v) is 12.3. The SMILES string of the molecule is CCCC(C)(NCc1cn(C)c2ccccc12)C(=O)O. The Morgan fingerprint density at radius 3 is 2.75 bits per heavy atom. The van der Waals surface area contributed by atoms with E-state index in [0.29, 0.717) is 13.0 Å². The van der Waals surface area contributed by atoms with Crippen molar-refractivity contribution < 1.29 is 9.90 Å². The lowest BCUT2D eigenvalue weighted by molar-refractivity contribution is -0.144. The standard InChI is InChI=1S/C16H22N2O2/c1-4-9-16(2,15(19)20)17-10-12-11-18(3)14-8-6-5-7-13(12)14/h5-8,11,17H,4,9-10H2,1-3H3,(H,19,20). The highest BCUT2D eigenvalue weighted by Crippen LogP contribution is 2.21. The summed E-state index contributed by atoms with van der Waals surface area (Å²) in [5.74, 6) is -0.792. The second-order valence-electron chi connectivity index (χ2n) is 5.52. The van der Waals surface area contributed by atoms with Gasteiger partial charge in [0.25, 0.3) is 0 Å². The summed E-state index contributed by atoms with van der Waals surface area (Å²) in [5, 5.41) is 13.8. The van der Waals surface area contributed by atoms with Crippen LogP contribution in [0.1, 0.15) is 32.3 Å². The normalized spacial score (nSPS) is 14.3. The molecule has 0 aliphatic heterocycles. The maximum Gasteiger partial charge on any atom is 0.323 e. The number of fused-ring (bicyclic) bond motifs is 1. The topological polar surface area (TPSA) is 54.3 Å². The monoisotopic (exact) mass is 274 g/mol. The summed E-state index contributed by atoms with van der Waals surface area (Å²) in [7, 11) is 2.01. The van der Waals surface area contributed by atoms with E-state index < -0.39 is 11.5 Å². The van der Waals surface area contributed by atoms with Gasteiger partial charge in [-0.05, 0) is 25.0 Å². The summed E-state index contributed by atoms with van der Waals surface area (Å²) in [6.45, 7) is 4.31. The van der Waals surface area contributed by atoms with E-state index in [1.807, 2.05) is 26.1 Å². The van der Waals surface area contributed by atoms with Crippen molar-refractivity contribution in [1.82, 2.24) is 9.88 Å². The summed E-state index contributed by atoms with van der Waals surface area (Å²) >= 11 is 0. The van der Waals surface area contributed by atoms with Crippen LogP contribution in [0.15, 0.2) is 30.5 Å². The molecular weight excluding hydrogens is 252 g/mol. The predicted octanol–water partition coefficient (Wildman–Crippen LogP) is 2.91. The third-order valence-electron chi connectivity index (χ3n) is 3.87. The Balaban J connectivity index is 2.22. The van der Waals surface area contributed by atoms with Crippen LogP contribution in [0.2, 0.25) is 0 Å². The summed E-state index contributed by atoms with van der Waals surface area (Å²) in [6.07, 6.45) is 3.52. The van der Waals surface area contributed by atoms with Crippen molar-refractivity contribution in [2.45, 2.75) is 38.8 Å². The van der Waals surface area contributed by atoms with Crippen LogP contribution in [-0.2, 0) is 18.4 Å². The molecule has 1 atom stereocenters. The molecule has 1 unspecified atom stereocenters. The first-order valence-electron chi connectivity index (χ1n) is 6.99. The fourth-order valence-corrected chi connectivity index (χ4v) is 2.63. The minimum absolute atomic E-state index is 0.560. The van der Waals surface area contributed by atoms with Crippen molar-refractivity contribution in [2.24, 2.45) is 7.05 Å². The number of nitrogens with zero attached hydrogens (tertiary/aromatic N) is 1. The van der Waals surface area contributed by atoms with Gasteiger partial charge in [0, 0.05) is 30.7 Å². The summed E-state index contributed by atoms with van der Waals surface area (Å²) < 4.78 is 2.07. The third-order valence-corrected chi connectivity index (χ3v) is 3.87. The molecule has 1 heterocycles. The van der Waals surface area contributed by atoms with Crippen LogP contribution in [0.3, 0.4) is 0 Å². The number of aryl methyl sites for hydroxylation is 1. The van der Waals surface area contributed by atoms with Gasteiger partial charge in [-0.2, -0.15) is 0 Å². The zero-order valence-electron chi connectivity index (χ0n) is 12.3. The number of rotatable bonds is 6. The molecule has 0 fully saturated rings. The van der Waals surface area contributed by atoms with E-state index in [1.54, 1.807) is 6.92 Å². The molecule has 2 aromatic rings. The van der Waals surface area contributed by atoms with Gasteiger partial charge in [-0.15, -0.1) is 0 Å². The van der Waals surface area contributed by atoms with Gasteiger partial charge in [-0.25, -0.2) is 0 Å². The molecule has 108 valence electrons. The molecule has 0 spiro atoms. The highest BCUT2D eigenvalue weighted by Gasteiger charge is 2.31. The molecule has 4 nitrogen and oxygen atoms in total. The molecule has 0 saturated heterocycles. The smallest absolute Gasteiger partial charge is 0.323 e. The number of aromatic nitrogens is 1. The summed E-state index contributed by atoms with van der Waals surface area (Å²) in [5.41, 5.74) is 1.43. The maximum atomic E-state index is 11.4. The molecule has 2 N–H and O–H groups in total. The zero-order chi connectivity index (χ0) is 14.8. The molecule has 4 heteroatoms. The Kier molecular flexibility index (Phi) is 4.14. The predicted molar refractivity (Wildman–Crippen MR) is 80.7 cm³/mol. The number of hydrogen-bond acceptors (Lipinski definition) is 2. The molecule has 0 bridgehead atoms. The highest BCUT2D eigenvalue weighted by atomic mass is 16.4. The van der Waals surface area contributed by atoms with Crippen LogP contribution in [-0.4, -0.2) is 21.2 Å². The van der Waals surface area contributed by atoms with Crippen LogP contribution >= 0.6 is 0 Å². The van der Waals surface area contributed by atoms with Crippen LogP contribution in [0.25, 0.3) is 10.9 Å². The quantitative estimate of drug-likeness (QED) is 0.851. The summed E-state index contributed by atoms with van der Waals surface area (Å²) in [6, 6.07) is 8.16. The van der Waals surface area contributed by atoms with Gasteiger partial charge in [0.05, 0.1) is 0 Å². The van der Waals surface area contributed by atoms with Crippen molar-refractivity contribution in [3.05, 3.63) is 36.0 Å². The molecular formula is C16H22N2O2. The van der Waals surface area contributed by atoms with E-state index in [4.69, 9.17) is 0 Å². The van der Waals surface area contributed by atoms with Gasteiger partial charge in [0.2, 0.25) is 0 Å². The number of para-hydroxylation sites is 1. The van der Waals surface area contributed by atoms with E-state index in [9.17, 15) is 9.90 Å². The first-order chi connectivity index (χ1) is 9.48. The molecule has 2 rings (SSSR count). The lowest BCUT2D eigenvalue weighted by Crippen LogP contribution is -2.48. The van der Waals surface area contributed by atoms with Crippen molar-refractivity contribution in [3.63, 3.8) is 0 Å². The van der Waals surface area contributed by atoms with Crippen molar-refractivity contribution >= 4 is 16.9 Å². The summed E-state index contributed by atoms with van der Waals surface area (Å²) in [4.78, 5) is 11.4. The van der Waals surface area contributed by atoms with Gasteiger partial charge in [0.15, 0.2) is 0 Å². The Hall–Kier alpha value is -1.81. The third kappa shape index (κ3) is 2.70. The maximum absolute atomic E-state index is 11.4. The van der Waals surface area contributed by atoms with Gasteiger partial charge in [-0.3, -0.25) is 10.1 Å². The average molecular weight is 274 g/mol. The van der Waals surface area contributed by atoms with Gasteiger partial charge >= 0.3 is 5.97 Å². The first kappa shape index (κ1) is 14.6. The van der Waals surface area contributed by atoms with E-state index >= 15 is 0 Å². The number of carboxylic acids is 1. The van der Waals surface area contributed by atoms with Crippen molar-refractivity contribution in [1.29, 1.82) is 0 Å². The second-order valence-corrected chi connectivity index (χ2v) is 5.52. The van der Waals surface area contributed by atoms with Crippen LogP contribution in [0.4, 0.5) is 0 Å². The van der Waals surface area contributed by atoms with Crippen LogP contribution < -0.4 is 5.32 Å². The van der Waals surface area contributed by atoms with Crippen molar-refractivity contribution in [2.75, 3.05) is 0 Å². The Morgan fingerprint density at radius 2 is 2.10 bits per heavy atom. The second kappa shape index (κ2) is 5.67. The average Bonchev–Trinajstić information content (AvgIpc) is 2.74. The molecule has 0 amide bonds. The molecule has 0 aliphatic carbocycles. The number of nitrogens with one attached hydrogen (secondary N) is 1. The molecule has 0 aliphatic rings. The first-order valence-corrected chi connectivity index (χ1v) is 6.99. The number of carboxylic acid groups (broad SMARTS) is 1. The minimum atomic E-state index is -0.869. The van der Waals surface area contributed by atoms with Gasteiger partial charge in [0.1, 0.15) is 5.54 Å². The van der Waals surface area contributed by atoms with Crippen molar-refractivity contribution in [3.8, 4) is 0 Å². The van der Waals surface area contributed by atoms with Gasteiger partial charge in [-0.1, -0.05) is 31.5 Å². The fraction of sp³-hybridized carbons (Fsp3) is 0.438. The fourth-order valence-electron chi connectivity index (χ4n) is 2.63. The Bertz CT molecular complexity index is 618. The number of hydrogen-bond donors (Lipinski definition) is 2. The van der Waals surface area contributed by atoms with E-state index in [0.717, 1.165) is 17.5 Å². The highest BCUT2D eigenvalue weighted by molar-refractivity contribution is 5.84. The van der Waals surface area contributed by atoms with E-state index in [1.165, 1.54) is 5.39 Å². The van der Waals surface area contributed by atoms with Crippen LogP contribution in [0.5, 0.6) is 0 Å². The number of benzene rings is 1. The molecule has 20 heavy (non-hydrogen) atoms. The van der Waals surface area contributed by atoms with E-state index in [-0.39, 0.29) is 0 Å². The van der Waals surface area contributed by atoms with E-state index in [2.05, 4.69) is 28.2 Å².